The second-order valence-electron chi connectivity index (χ2n) is 10.8. The quantitative estimate of drug-likeness (QED) is 0.147. The third kappa shape index (κ3) is 6.02. The number of rotatable bonds is 10. The number of para-hydroxylation sites is 2. The molecule has 1 fully saturated rings. The normalized spacial score (nSPS) is 13.2. The Morgan fingerprint density at radius 3 is 2.00 bits per heavy atom. The van der Waals surface area contributed by atoms with Crippen molar-refractivity contribution in [2.24, 2.45) is 0 Å². The third-order valence-electron chi connectivity index (χ3n) is 7.87. The molecular weight excluding hydrogens is 638 g/mol. The number of aromatic nitrogens is 1. The molecule has 4 aromatic carbocycles. The number of benzene rings is 4. The van der Waals surface area contributed by atoms with E-state index in [9.17, 15) is 27.6 Å². The van der Waals surface area contributed by atoms with Crippen molar-refractivity contribution in [1.29, 1.82) is 0 Å². The average molecular weight is 668 g/mol. The summed E-state index contributed by atoms with van der Waals surface area (Å²) in [6.45, 7) is 0. The van der Waals surface area contributed by atoms with Crippen LogP contribution in [0.1, 0.15) is 35.2 Å². The number of hydrogen-bond acceptors (Lipinski definition) is 10. The first-order chi connectivity index (χ1) is 23.1. The molecule has 1 aliphatic heterocycles. The molecule has 0 unspecified atom stereocenters. The monoisotopic (exact) mass is 667 g/mol. The lowest BCUT2D eigenvalue weighted by molar-refractivity contribution is -0.197. The Kier molecular flexibility index (Phi) is 8.78. The summed E-state index contributed by atoms with van der Waals surface area (Å²) in [6, 6.07) is 24.1. The number of imide groups is 1. The van der Waals surface area contributed by atoms with E-state index in [0.29, 0.717) is 38.2 Å². The lowest BCUT2D eigenvalue weighted by atomic mass is 10.0. The van der Waals surface area contributed by atoms with Crippen molar-refractivity contribution >= 4 is 61.2 Å². The van der Waals surface area contributed by atoms with Gasteiger partial charge in [-0.05, 0) is 48.4 Å². The van der Waals surface area contributed by atoms with Crippen molar-refractivity contribution in [3.8, 4) is 11.5 Å². The molecule has 244 valence electrons. The minimum Gasteiger partial charge on any atom is -0.497 e. The lowest BCUT2D eigenvalue weighted by Gasteiger charge is -2.26. The van der Waals surface area contributed by atoms with Gasteiger partial charge in [-0.25, -0.2) is 18.2 Å². The van der Waals surface area contributed by atoms with Crippen LogP contribution in [0.15, 0.2) is 95.9 Å². The van der Waals surface area contributed by atoms with Crippen molar-refractivity contribution in [3.05, 3.63) is 102 Å². The summed E-state index contributed by atoms with van der Waals surface area (Å²) >= 11 is 0. The molecule has 48 heavy (non-hydrogen) atoms. The summed E-state index contributed by atoms with van der Waals surface area (Å²) in [5, 5.41) is 1.41. The van der Waals surface area contributed by atoms with Gasteiger partial charge in [0.05, 0.1) is 42.1 Å². The number of ether oxygens (including phenoxy) is 2. The van der Waals surface area contributed by atoms with E-state index in [1.54, 1.807) is 48.5 Å². The molecule has 0 bridgehead atoms. The highest BCUT2D eigenvalue weighted by Crippen LogP contribution is 2.38. The van der Waals surface area contributed by atoms with Crippen LogP contribution in [0.25, 0.3) is 21.8 Å². The van der Waals surface area contributed by atoms with E-state index in [2.05, 4.69) is 4.98 Å². The molecule has 0 atom stereocenters. The second kappa shape index (κ2) is 13.1. The Hall–Kier alpha value is -5.82. The van der Waals surface area contributed by atoms with Gasteiger partial charge in [0.15, 0.2) is 0 Å². The molecule has 0 radical (unpaired) electrons. The fourth-order valence-electron chi connectivity index (χ4n) is 5.46. The molecule has 12 nitrogen and oxygen atoms in total. The molecule has 13 heteroatoms. The minimum atomic E-state index is -4.60. The van der Waals surface area contributed by atoms with Gasteiger partial charge in [0.1, 0.15) is 17.2 Å². The SMILES string of the molecule is COc1ccc(N(C(=O)c2c3ccccc3nc3ccccc23)S(=O)(=O)c2ccc(CCC(=O)ON3C(=O)CCC3=O)cc2)c(OC)c1. The number of fused-ring (bicyclic) bond motifs is 2. The fraction of sp³-hybridized carbons (Fsp3) is 0.171. The van der Waals surface area contributed by atoms with Crippen molar-refractivity contribution in [1.82, 2.24) is 10.0 Å². The van der Waals surface area contributed by atoms with Crippen LogP contribution in [0.5, 0.6) is 11.5 Å². The zero-order chi connectivity index (χ0) is 34.0. The van der Waals surface area contributed by atoms with Crippen molar-refractivity contribution < 1.29 is 41.9 Å². The number of sulfonamides is 1. The molecule has 0 saturated carbocycles. The van der Waals surface area contributed by atoms with Crippen LogP contribution in [-0.2, 0) is 35.7 Å². The number of amides is 3. The maximum Gasteiger partial charge on any atom is 0.333 e. The largest absolute Gasteiger partial charge is 0.497 e. The van der Waals surface area contributed by atoms with Gasteiger partial charge in [-0.2, -0.15) is 4.31 Å². The van der Waals surface area contributed by atoms with Crippen LogP contribution >= 0.6 is 0 Å². The summed E-state index contributed by atoms with van der Waals surface area (Å²) in [5.74, 6) is -2.30. The first-order valence-electron chi connectivity index (χ1n) is 14.9. The number of pyridine rings is 1. The van der Waals surface area contributed by atoms with Crippen molar-refractivity contribution in [3.63, 3.8) is 0 Å². The van der Waals surface area contributed by atoms with Crippen LogP contribution in [0, 0.1) is 0 Å². The Morgan fingerprint density at radius 1 is 0.812 bits per heavy atom. The molecular formula is C35H29N3O9S. The number of aryl methyl sites for hydroxylation is 1. The summed E-state index contributed by atoms with van der Waals surface area (Å²) < 4.78 is 40.7. The maximum atomic E-state index is 14.8. The van der Waals surface area contributed by atoms with Crippen LogP contribution in [0.3, 0.4) is 0 Å². The molecule has 3 amide bonds. The zero-order valence-corrected chi connectivity index (χ0v) is 26.7. The van der Waals surface area contributed by atoms with Gasteiger partial charge < -0.3 is 14.3 Å². The molecule has 5 aromatic rings. The topological polar surface area (TPSA) is 149 Å². The van der Waals surface area contributed by atoms with E-state index in [0.717, 1.165) is 4.31 Å². The van der Waals surface area contributed by atoms with E-state index in [1.165, 1.54) is 56.7 Å². The highest BCUT2D eigenvalue weighted by molar-refractivity contribution is 7.93. The average Bonchev–Trinajstić information content (AvgIpc) is 3.41. The van der Waals surface area contributed by atoms with E-state index in [4.69, 9.17) is 14.3 Å². The predicted octanol–water partition coefficient (Wildman–Crippen LogP) is 4.98. The van der Waals surface area contributed by atoms with E-state index >= 15 is 0 Å². The Balaban J connectivity index is 1.39. The maximum absolute atomic E-state index is 14.8. The Morgan fingerprint density at radius 2 is 1.42 bits per heavy atom. The summed E-state index contributed by atoms with van der Waals surface area (Å²) in [4.78, 5) is 60.0. The predicted molar refractivity (Wildman–Crippen MR) is 175 cm³/mol. The second-order valence-corrected chi connectivity index (χ2v) is 12.6. The molecule has 0 N–H and O–H groups in total. The first kappa shape index (κ1) is 32.1. The Labute approximate surface area is 275 Å². The molecule has 0 aliphatic carbocycles. The fourth-order valence-corrected chi connectivity index (χ4v) is 6.87. The number of carbonyl (C=O) groups is 4. The van der Waals surface area contributed by atoms with Gasteiger partial charge >= 0.3 is 5.97 Å². The number of hydroxylamine groups is 2. The highest BCUT2D eigenvalue weighted by Gasteiger charge is 2.36. The number of anilines is 1. The van der Waals surface area contributed by atoms with Crippen LogP contribution in [0.4, 0.5) is 5.69 Å². The number of methoxy groups -OCH3 is 2. The molecule has 2 heterocycles. The van der Waals surface area contributed by atoms with Crippen molar-refractivity contribution in [2.45, 2.75) is 30.6 Å². The number of hydrogen-bond donors (Lipinski definition) is 0. The van der Waals surface area contributed by atoms with E-state index < -0.39 is 33.7 Å². The number of carbonyl (C=O) groups excluding carboxylic acids is 4. The van der Waals surface area contributed by atoms with Gasteiger partial charge in [-0.3, -0.25) is 14.4 Å². The van der Waals surface area contributed by atoms with Gasteiger partial charge in [-0.1, -0.05) is 48.5 Å². The zero-order valence-electron chi connectivity index (χ0n) is 25.9. The molecule has 1 aromatic heterocycles. The van der Waals surface area contributed by atoms with E-state index in [-0.39, 0.29) is 47.6 Å². The summed E-state index contributed by atoms with van der Waals surface area (Å²) in [6.07, 6.45) is -0.0620. The lowest BCUT2D eigenvalue weighted by Crippen LogP contribution is -2.37. The minimum absolute atomic E-state index is 0.0163. The number of nitrogens with zero attached hydrogens (tertiary/aromatic N) is 3. The van der Waals surface area contributed by atoms with Crippen molar-refractivity contribution in [2.75, 3.05) is 18.5 Å². The van der Waals surface area contributed by atoms with Crippen LogP contribution in [0.2, 0.25) is 0 Å². The first-order valence-corrected chi connectivity index (χ1v) is 16.3. The molecule has 6 rings (SSSR count). The standard InChI is InChI=1S/C35H29N3O9S/c1-45-23-14-17-29(30(21-23)46-2)38(35(42)34-25-7-3-5-9-27(25)36-28-10-6-4-8-26(28)34)48(43,44)24-15-11-22(12-16-24)13-20-33(41)47-37-31(39)18-19-32(37)40/h3-12,14-17,21H,13,18-20H2,1-2H3. The van der Waals surface area contributed by atoms with Gasteiger partial charge in [0, 0.05) is 29.7 Å². The van der Waals surface area contributed by atoms with Gasteiger partial charge in [0.25, 0.3) is 27.7 Å². The smallest absolute Gasteiger partial charge is 0.333 e. The van der Waals surface area contributed by atoms with Crippen LogP contribution in [-0.4, -0.2) is 56.4 Å². The van der Waals surface area contributed by atoms with Crippen LogP contribution < -0.4 is 13.8 Å². The third-order valence-corrected chi connectivity index (χ3v) is 9.58. The van der Waals surface area contributed by atoms with Gasteiger partial charge in [-0.15, -0.1) is 5.06 Å². The van der Waals surface area contributed by atoms with E-state index in [1.807, 2.05) is 0 Å². The molecule has 1 saturated heterocycles. The highest BCUT2D eigenvalue weighted by atomic mass is 32.2. The summed E-state index contributed by atoms with van der Waals surface area (Å²) in [7, 11) is -1.78. The van der Waals surface area contributed by atoms with Gasteiger partial charge in [0.2, 0.25) is 0 Å². The molecule has 0 spiro atoms. The Bertz CT molecular complexity index is 2130. The summed E-state index contributed by atoms with van der Waals surface area (Å²) in [5.41, 5.74) is 1.71. The molecule has 1 aliphatic rings.